The second-order valence-electron chi connectivity index (χ2n) is 4.64. The Morgan fingerprint density at radius 1 is 1.61 bits per heavy atom. The second kappa shape index (κ2) is 5.11. The van der Waals surface area contributed by atoms with Crippen LogP contribution in [-0.2, 0) is 17.1 Å². The normalized spacial score (nSPS) is 24.3. The molecule has 8 heteroatoms. The summed E-state index contributed by atoms with van der Waals surface area (Å²) in [6.45, 7) is 0.520. The van der Waals surface area contributed by atoms with E-state index in [1.165, 1.54) is 15.2 Å². The summed E-state index contributed by atoms with van der Waals surface area (Å²) in [6, 6.07) is 0. The molecular weight excluding hydrogens is 342 g/mol. The van der Waals surface area contributed by atoms with E-state index in [1.54, 1.807) is 14.1 Å². The molecule has 0 aliphatic heterocycles. The molecule has 1 aromatic heterocycles. The number of halogens is 2. The van der Waals surface area contributed by atoms with E-state index in [0.29, 0.717) is 17.3 Å². The maximum Gasteiger partial charge on any atom is 0.261 e. The molecule has 1 aromatic rings. The lowest BCUT2D eigenvalue weighted by Gasteiger charge is -2.33. The van der Waals surface area contributed by atoms with Crippen LogP contribution in [0.3, 0.4) is 0 Å². The van der Waals surface area contributed by atoms with Crippen molar-refractivity contribution in [3.63, 3.8) is 0 Å². The molecule has 1 aliphatic carbocycles. The minimum absolute atomic E-state index is 0.0568. The van der Waals surface area contributed by atoms with Crippen molar-refractivity contribution in [2.75, 3.05) is 13.6 Å². The van der Waals surface area contributed by atoms with Gasteiger partial charge in [-0.25, -0.2) is 8.42 Å². The van der Waals surface area contributed by atoms with Crippen LogP contribution in [-0.4, -0.2) is 40.9 Å². The number of aromatic nitrogens is 2. The zero-order valence-corrected chi connectivity index (χ0v) is 13.3. The predicted octanol–water partition coefficient (Wildman–Crippen LogP) is 1.87. The molecule has 2 rings (SSSR count). The van der Waals surface area contributed by atoms with Crippen molar-refractivity contribution in [3.05, 3.63) is 11.2 Å². The van der Waals surface area contributed by atoms with Crippen molar-refractivity contribution < 1.29 is 8.42 Å². The van der Waals surface area contributed by atoms with Crippen molar-refractivity contribution in [2.24, 2.45) is 13.0 Å². The van der Waals surface area contributed by atoms with Crippen LogP contribution in [0.5, 0.6) is 0 Å². The number of hydrogen-bond acceptors (Lipinski definition) is 3. The lowest BCUT2D eigenvalue weighted by molar-refractivity contribution is 0.274. The van der Waals surface area contributed by atoms with Crippen LogP contribution in [0.1, 0.15) is 12.8 Å². The van der Waals surface area contributed by atoms with Crippen LogP contribution in [0.25, 0.3) is 0 Å². The highest BCUT2D eigenvalue weighted by molar-refractivity contribution is 9.09. The lowest BCUT2D eigenvalue weighted by Crippen LogP contribution is -2.38. The highest BCUT2D eigenvalue weighted by atomic mass is 79.9. The van der Waals surface area contributed by atoms with Crippen LogP contribution < -0.4 is 0 Å². The summed E-state index contributed by atoms with van der Waals surface area (Å²) < 4.78 is 27.4. The summed E-state index contributed by atoms with van der Waals surface area (Å²) in [5, 5.41) is 4.08. The molecule has 0 radical (unpaired) electrons. The highest BCUT2D eigenvalue weighted by Crippen LogP contribution is 2.34. The first-order chi connectivity index (χ1) is 8.32. The third-order valence-corrected chi connectivity index (χ3v) is 6.27. The molecule has 102 valence electrons. The molecule has 0 aromatic carbocycles. The van der Waals surface area contributed by atoms with E-state index in [0.717, 1.165) is 12.8 Å². The summed E-state index contributed by atoms with van der Waals surface area (Å²) in [7, 11) is -0.402. The molecule has 0 saturated heterocycles. The number of sulfonamides is 1. The zero-order chi connectivity index (χ0) is 13.5. The number of hydrogen-bond donors (Lipinski definition) is 0. The number of nitrogens with zero attached hydrogens (tertiary/aromatic N) is 3. The van der Waals surface area contributed by atoms with E-state index < -0.39 is 10.0 Å². The number of aryl methyl sites for hydroxylation is 1. The Morgan fingerprint density at radius 2 is 2.22 bits per heavy atom. The molecule has 0 atom stereocenters. The van der Waals surface area contributed by atoms with Gasteiger partial charge >= 0.3 is 0 Å². The molecule has 0 unspecified atom stereocenters. The van der Waals surface area contributed by atoms with E-state index >= 15 is 0 Å². The van der Waals surface area contributed by atoms with Crippen molar-refractivity contribution in [3.8, 4) is 0 Å². The van der Waals surface area contributed by atoms with Crippen molar-refractivity contribution >= 4 is 37.6 Å². The SMILES string of the molecule is CN(CC1CC(Br)C1)S(=O)(=O)c1c(Cl)cnn1C. The Labute approximate surface area is 120 Å². The average Bonchev–Trinajstić information content (AvgIpc) is 2.56. The van der Waals surface area contributed by atoms with Gasteiger partial charge in [-0.15, -0.1) is 0 Å². The van der Waals surface area contributed by atoms with Gasteiger partial charge in [0, 0.05) is 25.5 Å². The fraction of sp³-hybridized carbons (Fsp3) is 0.700. The maximum atomic E-state index is 12.4. The first-order valence-corrected chi connectivity index (χ1v) is 8.33. The summed E-state index contributed by atoms with van der Waals surface area (Å²) in [4.78, 5) is 0.527. The second-order valence-corrected chi connectivity index (χ2v) is 8.30. The van der Waals surface area contributed by atoms with Gasteiger partial charge in [-0.05, 0) is 18.8 Å². The fourth-order valence-corrected chi connectivity index (χ4v) is 5.00. The quantitative estimate of drug-likeness (QED) is 0.774. The van der Waals surface area contributed by atoms with Gasteiger partial charge in [-0.3, -0.25) is 4.68 Å². The molecule has 1 aliphatic rings. The molecule has 5 nitrogen and oxygen atoms in total. The van der Waals surface area contributed by atoms with Crippen LogP contribution in [0.15, 0.2) is 11.2 Å². The van der Waals surface area contributed by atoms with Crippen LogP contribution in [0.2, 0.25) is 5.02 Å². The third-order valence-electron chi connectivity index (χ3n) is 3.19. The van der Waals surface area contributed by atoms with Crippen molar-refractivity contribution in [1.82, 2.24) is 14.1 Å². The first-order valence-electron chi connectivity index (χ1n) is 5.60. The van der Waals surface area contributed by atoms with E-state index in [2.05, 4.69) is 21.0 Å². The lowest BCUT2D eigenvalue weighted by atomic mass is 9.85. The third kappa shape index (κ3) is 2.59. The Kier molecular flexibility index (Phi) is 4.06. The molecule has 0 spiro atoms. The van der Waals surface area contributed by atoms with Gasteiger partial charge in [0.05, 0.1) is 11.2 Å². The molecule has 18 heavy (non-hydrogen) atoms. The molecule has 0 amide bonds. The summed E-state index contributed by atoms with van der Waals surface area (Å²) in [6.07, 6.45) is 3.37. The Hall–Kier alpha value is -0.110. The molecular formula is C10H15BrClN3O2S. The topological polar surface area (TPSA) is 55.2 Å². The summed E-state index contributed by atoms with van der Waals surface area (Å²) >= 11 is 9.38. The van der Waals surface area contributed by atoms with Gasteiger partial charge in [0.15, 0.2) is 5.03 Å². The Bertz CT molecular complexity index is 520. The predicted molar refractivity (Wildman–Crippen MR) is 73.5 cm³/mol. The largest absolute Gasteiger partial charge is 0.261 e. The van der Waals surface area contributed by atoms with E-state index in [4.69, 9.17) is 11.6 Å². The number of alkyl halides is 1. The van der Waals surface area contributed by atoms with Crippen LogP contribution in [0, 0.1) is 5.92 Å². The molecule has 1 heterocycles. The summed E-state index contributed by atoms with van der Waals surface area (Å²) in [5.74, 6) is 0.418. The van der Waals surface area contributed by atoms with Gasteiger partial charge in [0.2, 0.25) is 0 Å². The van der Waals surface area contributed by atoms with Gasteiger partial charge in [0.25, 0.3) is 10.0 Å². The Balaban J connectivity index is 2.16. The number of rotatable bonds is 4. The highest BCUT2D eigenvalue weighted by Gasteiger charge is 2.33. The minimum atomic E-state index is -3.56. The summed E-state index contributed by atoms with van der Waals surface area (Å²) in [5.41, 5.74) is 0. The average molecular weight is 357 g/mol. The van der Waals surface area contributed by atoms with E-state index in [9.17, 15) is 8.42 Å². The monoisotopic (exact) mass is 355 g/mol. The standard InChI is InChI=1S/C10H15BrClN3O2S/c1-14(6-7-3-8(11)4-7)18(16,17)10-9(12)5-13-15(10)2/h5,7-8H,3-4,6H2,1-2H3. The Morgan fingerprint density at radius 3 is 2.67 bits per heavy atom. The zero-order valence-electron chi connectivity index (χ0n) is 10.2. The van der Waals surface area contributed by atoms with Gasteiger partial charge in [-0.1, -0.05) is 27.5 Å². The molecule has 0 bridgehead atoms. The van der Waals surface area contributed by atoms with Crippen LogP contribution in [0.4, 0.5) is 0 Å². The van der Waals surface area contributed by atoms with Gasteiger partial charge in [0.1, 0.15) is 0 Å². The molecule has 1 fully saturated rings. The van der Waals surface area contributed by atoms with Gasteiger partial charge < -0.3 is 0 Å². The van der Waals surface area contributed by atoms with Crippen LogP contribution >= 0.6 is 27.5 Å². The minimum Gasteiger partial charge on any atom is -0.255 e. The van der Waals surface area contributed by atoms with Crippen molar-refractivity contribution in [2.45, 2.75) is 22.7 Å². The van der Waals surface area contributed by atoms with E-state index in [-0.39, 0.29) is 10.0 Å². The van der Waals surface area contributed by atoms with Crippen molar-refractivity contribution in [1.29, 1.82) is 0 Å². The maximum absolute atomic E-state index is 12.4. The molecule has 1 saturated carbocycles. The van der Waals surface area contributed by atoms with E-state index in [1.807, 2.05) is 0 Å². The van der Waals surface area contributed by atoms with Gasteiger partial charge in [-0.2, -0.15) is 9.40 Å². The molecule has 0 N–H and O–H groups in total. The fourth-order valence-electron chi connectivity index (χ4n) is 2.10. The first kappa shape index (κ1) is 14.3. The smallest absolute Gasteiger partial charge is 0.255 e.